The normalized spacial score (nSPS) is 14.8. The van der Waals surface area contributed by atoms with E-state index in [1.165, 1.54) is 10.6 Å². The fourth-order valence-corrected chi connectivity index (χ4v) is 9.35. The van der Waals surface area contributed by atoms with Crippen molar-refractivity contribution in [2.24, 2.45) is 0 Å². The number of nitrogens with zero attached hydrogens (tertiary/aromatic N) is 7. The molecule has 28 heteroatoms. The Balaban J connectivity index is 0.000000284. The van der Waals surface area contributed by atoms with Crippen molar-refractivity contribution in [3.05, 3.63) is 106 Å². The maximum Gasteiger partial charge on any atom is 0.490 e. The third-order valence-electron chi connectivity index (χ3n) is 12.1. The van der Waals surface area contributed by atoms with Crippen LogP contribution in [-0.4, -0.2) is 161 Å². The number of hydrogen-bond donors (Lipinski definition) is 2. The first-order chi connectivity index (χ1) is 38.8. The first-order valence-electron chi connectivity index (χ1n) is 24.9. The number of carboxylic acids is 1. The molecule has 0 unspecified atom stereocenters. The Morgan fingerprint density at radius 2 is 1.01 bits per heavy atom. The zero-order chi connectivity index (χ0) is 60.0. The first-order valence-corrected chi connectivity index (χ1v) is 26.4. The first kappa shape index (κ1) is 63.5. The number of rotatable bonds is 14. The molecule has 0 bridgehead atoms. The number of carbonyl (C=O) groups excluding carboxylic acids is 6. The van der Waals surface area contributed by atoms with E-state index in [-0.39, 0.29) is 23.7 Å². The van der Waals surface area contributed by atoms with Crippen LogP contribution in [0, 0.1) is 0 Å². The number of anilines is 2. The fourth-order valence-electron chi connectivity index (χ4n) is 8.66. The summed E-state index contributed by atoms with van der Waals surface area (Å²) in [7, 11) is 0. The number of aliphatic carboxylic acids is 1. The molecule has 82 heavy (non-hydrogen) atoms. The molecule has 2 saturated heterocycles. The number of fused-ring (bicyclic) bond motifs is 2. The van der Waals surface area contributed by atoms with E-state index in [9.17, 15) is 41.9 Å². The largest absolute Gasteiger partial charge is 0.490 e. The Morgan fingerprint density at radius 3 is 1.44 bits per heavy atom. The van der Waals surface area contributed by atoms with Crippen LogP contribution < -0.4 is 15.1 Å². The molecule has 6 aromatic rings. The summed E-state index contributed by atoms with van der Waals surface area (Å²) < 4.78 is 58.3. The van der Waals surface area contributed by atoms with E-state index >= 15 is 0 Å². The maximum absolute atomic E-state index is 14.1. The molecule has 1 amide bonds. The molecule has 0 spiro atoms. The van der Waals surface area contributed by atoms with Gasteiger partial charge in [-0.3, -0.25) is 28.8 Å². The van der Waals surface area contributed by atoms with Gasteiger partial charge in [0.1, 0.15) is 6.61 Å². The third kappa shape index (κ3) is 17.9. The molecule has 0 saturated carbocycles. The Morgan fingerprint density at radius 1 is 0.573 bits per heavy atom. The zero-order valence-corrected chi connectivity index (χ0v) is 47.4. The molecule has 2 fully saturated rings. The molecule has 0 aliphatic carbocycles. The van der Waals surface area contributed by atoms with E-state index in [1.54, 1.807) is 18.2 Å². The Labute approximate surface area is 486 Å². The lowest BCUT2D eigenvalue weighted by Crippen LogP contribution is -2.59. The number of carbonyl (C=O) groups is 7. The Kier molecular flexibility index (Phi) is 22.4. The zero-order valence-electron chi connectivity index (χ0n) is 44.4. The van der Waals surface area contributed by atoms with Gasteiger partial charge in [-0.05, 0) is 83.9 Å². The minimum Gasteiger partial charge on any atom is -0.475 e. The average Bonchev–Trinajstić information content (AvgIpc) is 3.52. The summed E-state index contributed by atoms with van der Waals surface area (Å²) in [5, 5.41) is 13.6. The van der Waals surface area contributed by atoms with Crippen LogP contribution in [-0.2, 0) is 57.2 Å². The SMILES string of the molecule is CC(=O)OC[C@@H](OC(C)=O)[C@@H](OC(C)=O)[C@H](OC(C)=O)[C@@H](OC(C)=O)C(=O)N1CCN(c2cccc(-c3nc(Cl)nc4ccc(Cl)cc34)c2)CC1.Clc1ccc2nc(Cl)nc(-c3cccc(N4CCNCC4)c3)c2c1.O=C(O)C(F)(F)F. The lowest BCUT2D eigenvalue weighted by Gasteiger charge is -2.40. The molecule has 436 valence electrons. The van der Waals surface area contributed by atoms with Crippen molar-refractivity contribution in [1.82, 2.24) is 30.2 Å². The molecule has 4 atom stereocenters. The van der Waals surface area contributed by atoms with Gasteiger partial charge in [0.15, 0.2) is 18.3 Å². The summed E-state index contributed by atoms with van der Waals surface area (Å²) in [4.78, 5) is 107. The van der Waals surface area contributed by atoms with Gasteiger partial charge in [0, 0.05) is 130 Å². The Hall–Kier alpha value is -7.64. The number of piperazine rings is 2. The number of carboxylic acid groups (broad SMARTS) is 1. The summed E-state index contributed by atoms with van der Waals surface area (Å²) in [6, 6.07) is 26.8. The molecule has 0 radical (unpaired) electrons. The van der Waals surface area contributed by atoms with Crippen molar-refractivity contribution in [2.75, 3.05) is 68.8 Å². The van der Waals surface area contributed by atoms with Crippen molar-refractivity contribution in [1.29, 1.82) is 0 Å². The highest BCUT2D eigenvalue weighted by atomic mass is 35.5. The predicted octanol–water partition coefficient (Wildman–Crippen LogP) is 8.19. The number of hydrogen-bond acceptors (Lipinski definition) is 19. The van der Waals surface area contributed by atoms with Gasteiger partial charge in [-0.1, -0.05) is 47.5 Å². The van der Waals surface area contributed by atoms with Crippen LogP contribution in [0.1, 0.15) is 34.6 Å². The van der Waals surface area contributed by atoms with Crippen LogP contribution in [0.3, 0.4) is 0 Å². The number of esters is 5. The molecule has 8 rings (SSSR count). The van der Waals surface area contributed by atoms with Gasteiger partial charge < -0.3 is 48.8 Å². The van der Waals surface area contributed by atoms with Gasteiger partial charge in [-0.2, -0.15) is 13.2 Å². The van der Waals surface area contributed by atoms with Crippen molar-refractivity contribution in [2.45, 2.75) is 65.2 Å². The number of amides is 1. The van der Waals surface area contributed by atoms with E-state index in [1.807, 2.05) is 53.4 Å². The van der Waals surface area contributed by atoms with E-state index in [0.717, 1.165) is 94.2 Å². The van der Waals surface area contributed by atoms with Crippen molar-refractivity contribution < 1.29 is 75.5 Å². The van der Waals surface area contributed by atoms with Crippen molar-refractivity contribution >= 4 is 121 Å². The second-order valence-electron chi connectivity index (χ2n) is 18.1. The monoisotopic (exact) mass is 1220 g/mol. The highest BCUT2D eigenvalue weighted by Crippen LogP contribution is 2.34. The second kappa shape index (κ2) is 28.9. The van der Waals surface area contributed by atoms with Gasteiger partial charge in [0.25, 0.3) is 5.91 Å². The van der Waals surface area contributed by atoms with Gasteiger partial charge >= 0.3 is 42.0 Å². The molecule has 2 aromatic heterocycles. The number of halogens is 7. The molecule has 2 N–H and O–H groups in total. The number of aromatic nitrogens is 4. The predicted molar refractivity (Wildman–Crippen MR) is 296 cm³/mol. The summed E-state index contributed by atoms with van der Waals surface area (Å²) in [6.45, 7) is 9.59. The number of nitrogens with one attached hydrogen (secondary N) is 1. The van der Waals surface area contributed by atoms with E-state index in [2.05, 4.69) is 48.4 Å². The molecular formula is C54H53Cl4F3N8O13. The van der Waals surface area contributed by atoms with Crippen LogP contribution in [0.5, 0.6) is 0 Å². The number of ether oxygens (including phenoxy) is 5. The van der Waals surface area contributed by atoms with Crippen molar-refractivity contribution in [3.63, 3.8) is 0 Å². The van der Waals surface area contributed by atoms with Gasteiger partial charge in [-0.25, -0.2) is 24.7 Å². The molecule has 2 aliphatic rings. The highest BCUT2D eigenvalue weighted by molar-refractivity contribution is 6.32. The minimum atomic E-state index is -5.08. The highest BCUT2D eigenvalue weighted by Gasteiger charge is 2.48. The lowest BCUT2D eigenvalue weighted by molar-refractivity contribution is -0.205. The molecule has 21 nitrogen and oxygen atoms in total. The third-order valence-corrected chi connectivity index (χ3v) is 12.9. The Bertz CT molecular complexity index is 3330. The molecule has 4 aromatic carbocycles. The molecule has 2 aliphatic heterocycles. The maximum atomic E-state index is 14.1. The summed E-state index contributed by atoms with van der Waals surface area (Å²) in [5.74, 6) is -7.90. The number of benzene rings is 4. The molecule has 4 heterocycles. The van der Waals surface area contributed by atoms with Crippen LogP contribution >= 0.6 is 46.4 Å². The average molecular weight is 1220 g/mol. The van der Waals surface area contributed by atoms with Crippen LogP contribution in [0.2, 0.25) is 20.6 Å². The summed E-state index contributed by atoms with van der Waals surface area (Å²) in [5.41, 5.74) is 6.61. The fraction of sp³-hybridized carbons (Fsp3) is 0.352. The van der Waals surface area contributed by atoms with Crippen LogP contribution in [0.25, 0.3) is 44.3 Å². The van der Waals surface area contributed by atoms with Crippen LogP contribution in [0.15, 0.2) is 84.9 Å². The lowest BCUT2D eigenvalue weighted by atomic mass is 10.0. The van der Waals surface area contributed by atoms with Crippen molar-refractivity contribution in [3.8, 4) is 22.5 Å². The standard InChI is InChI=1S/C34H36Cl2N4O11.C18H16Cl2N4.C2HF3O2/c1-18(41)47-17-28(48-19(2)42)30(49-20(3)43)31(50-21(4)44)32(51-22(5)45)33(46)40-13-11-39(12-14-40)25-8-6-7-23(15-25)29-26-16-24(35)9-10-27(26)37-34(36)38-29;19-13-4-5-16-15(11-13)17(23-18(20)22-16)12-2-1-3-14(10-12)24-8-6-21-7-9-24;3-2(4,5)1(6)7/h6-10,15-16,28,30-32H,11-14,17H2,1-5H3;1-5,10-11,21H,6-9H2;(H,6,7)/t28-,30-,31+,32-;;/m1../s1. The van der Waals surface area contributed by atoms with Gasteiger partial charge in [0.2, 0.25) is 16.7 Å². The summed E-state index contributed by atoms with van der Waals surface area (Å²) in [6.07, 6.45) is -12.0. The van der Waals surface area contributed by atoms with Gasteiger partial charge in [0.05, 0.1) is 22.4 Å². The quantitative estimate of drug-likeness (QED) is 0.0591. The van der Waals surface area contributed by atoms with Gasteiger partial charge in [-0.15, -0.1) is 0 Å². The smallest absolute Gasteiger partial charge is 0.475 e. The topological polar surface area (TPSA) is 259 Å². The number of alkyl halides is 3. The van der Waals surface area contributed by atoms with Crippen LogP contribution in [0.4, 0.5) is 24.5 Å². The van der Waals surface area contributed by atoms with E-state index < -0.39 is 78.9 Å². The van der Waals surface area contributed by atoms with E-state index in [0.29, 0.717) is 39.7 Å². The second-order valence-corrected chi connectivity index (χ2v) is 19.6. The van der Waals surface area contributed by atoms with E-state index in [4.69, 9.17) is 80.0 Å². The molecular weight excluding hydrogens is 1170 g/mol. The minimum absolute atomic E-state index is 0.0771. The summed E-state index contributed by atoms with van der Waals surface area (Å²) >= 11 is 24.8.